The van der Waals surface area contributed by atoms with Crippen LogP contribution in [0.3, 0.4) is 0 Å². The molecule has 16 heteroatoms. The standard InChI is InChI=1S/C46H62O16/c1-14-15-16-17-35(51)61-31-20-42(10,26(4)39(53)56-13)32(19-36(52)55-12)44(23-57-27(5)47)37(31)46(25(3)38(44)60-30(8)50)24(2)18-33(58-28(6)48)43(11)34(59-29(7)49)21-41(9)22-45(43,46)62-40(41)54/h14,16,18,25-26,31-34,37-38H,17,19-23H2,1-13H3/t15?,25-,26?,31+,32?,33-,34-,37?,38-,41-,42+,43-,44-,45?,46?/m0/s1. The molecule has 1 saturated heterocycles. The summed E-state index contributed by atoms with van der Waals surface area (Å²) in [5.74, 6) is -9.77. The molecule has 0 N–H and O–H groups in total. The van der Waals surface area contributed by atoms with E-state index in [9.17, 15) is 38.4 Å². The summed E-state index contributed by atoms with van der Waals surface area (Å²) < 4.78 is 49.0. The number of fused-ring (bicyclic) bond motifs is 3. The molecule has 0 radical (unpaired) electrons. The van der Waals surface area contributed by atoms with Gasteiger partial charge in [-0.25, -0.2) is 0 Å². The van der Waals surface area contributed by atoms with Crippen molar-refractivity contribution < 1.29 is 76.3 Å². The first-order chi connectivity index (χ1) is 28.8. The SMILES string of the molecule is CC=C=CCC(=O)O[C@@H]1C[C@](C)(C(C)C(=O)OC)C(CC(=O)OC)[C@@]2(COC(C)=O)C1C1(C(C)=C[C@H](OC(C)=O)[C@@]3(C)[C@@H](OC(C)=O)C[C@@]4(C)CC13OC4=O)[C@@H](C)[C@@H]2OC(C)=O. The lowest BCUT2D eigenvalue weighted by Crippen LogP contribution is -2.76. The quantitative estimate of drug-likeness (QED) is 0.108. The van der Waals surface area contributed by atoms with E-state index >= 15 is 0 Å². The van der Waals surface area contributed by atoms with Crippen molar-refractivity contribution in [3.05, 3.63) is 29.5 Å². The van der Waals surface area contributed by atoms with Gasteiger partial charge in [-0.05, 0) is 63.7 Å². The molecule has 342 valence electrons. The van der Waals surface area contributed by atoms with E-state index < -0.39 is 142 Å². The lowest BCUT2D eigenvalue weighted by atomic mass is 9.37. The van der Waals surface area contributed by atoms with Gasteiger partial charge in [-0.3, -0.25) is 38.4 Å². The highest BCUT2D eigenvalue weighted by Crippen LogP contribution is 2.82. The molecule has 1 heterocycles. The van der Waals surface area contributed by atoms with Gasteiger partial charge >= 0.3 is 47.8 Å². The second-order valence-electron chi connectivity index (χ2n) is 18.7. The molecule has 4 fully saturated rings. The molecule has 2 bridgehead atoms. The highest BCUT2D eigenvalue weighted by Gasteiger charge is 2.90. The van der Waals surface area contributed by atoms with Gasteiger partial charge in [-0.15, -0.1) is 5.73 Å². The maximum atomic E-state index is 14.7. The van der Waals surface area contributed by atoms with Crippen LogP contribution in [0.2, 0.25) is 0 Å². The summed E-state index contributed by atoms with van der Waals surface area (Å²) in [5, 5.41) is 0. The Morgan fingerprint density at radius 3 is 2.06 bits per heavy atom. The van der Waals surface area contributed by atoms with Gasteiger partial charge in [0.15, 0.2) is 0 Å². The molecule has 14 atom stereocenters. The van der Waals surface area contributed by atoms with Crippen LogP contribution >= 0.6 is 0 Å². The lowest BCUT2D eigenvalue weighted by Gasteiger charge is -2.68. The fraction of sp³-hybridized carbons (Fsp3) is 0.717. The fourth-order valence-corrected chi connectivity index (χ4v) is 13.2. The van der Waals surface area contributed by atoms with Gasteiger partial charge in [0.1, 0.15) is 36.6 Å². The third-order valence-electron chi connectivity index (χ3n) is 15.5. The predicted octanol–water partition coefficient (Wildman–Crippen LogP) is 5.08. The number of esters is 8. The second kappa shape index (κ2) is 17.0. The van der Waals surface area contributed by atoms with Crippen LogP contribution in [0, 0.1) is 50.7 Å². The Hall–Kier alpha value is -4.98. The minimum atomic E-state index is -1.82. The highest BCUT2D eigenvalue weighted by molar-refractivity contribution is 5.82. The zero-order chi connectivity index (χ0) is 46.5. The Morgan fingerprint density at radius 1 is 0.887 bits per heavy atom. The van der Waals surface area contributed by atoms with Crippen molar-refractivity contribution in [1.82, 2.24) is 0 Å². The smallest absolute Gasteiger partial charge is 0.312 e. The number of hydrogen-bond donors (Lipinski definition) is 0. The van der Waals surface area contributed by atoms with Crippen molar-refractivity contribution in [2.45, 2.75) is 138 Å². The van der Waals surface area contributed by atoms with Crippen molar-refractivity contribution in [2.24, 2.45) is 50.7 Å². The molecule has 5 aliphatic rings. The molecule has 2 spiro atoms. The zero-order valence-corrected chi connectivity index (χ0v) is 38.1. The number of ether oxygens (including phenoxy) is 8. The van der Waals surface area contributed by atoms with Crippen LogP contribution in [0.15, 0.2) is 29.5 Å². The molecule has 0 aromatic carbocycles. The molecule has 5 unspecified atom stereocenters. The van der Waals surface area contributed by atoms with E-state index in [4.69, 9.17) is 37.9 Å². The normalized spacial score (nSPS) is 39.2. The van der Waals surface area contributed by atoms with Crippen molar-refractivity contribution in [2.75, 3.05) is 20.8 Å². The number of carbonyl (C=O) groups excluding carboxylic acids is 8. The molecule has 16 nitrogen and oxygen atoms in total. The van der Waals surface area contributed by atoms with Crippen molar-refractivity contribution in [3.8, 4) is 0 Å². The van der Waals surface area contributed by atoms with E-state index in [0.717, 1.165) is 0 Å². The van der Waals surface area contributed by atoms with Crippen LogP contribution in [0.4, 0.5) is 0 Å². The average Bonchev–Trinajstić information content (AvgIpc) is 3.55. The first kappa shape index (κ1) is 48.1. The number of carbonyl (C=O) groups is 8. The Morgan fingerprint density at radius 2 is 1.52 bits per heavy atom. The summed E-state index contributed by atoms with van der Waals surface area (Å²) in [7, 11) is 2.43. The van der Waals surface area contributed by atoms with Crippen molar-refractivity contribution in [1.29, 1.82) is 0 Å². The molecule has 1 aliphatic heterocycles. The van der Waals surface area contributed by atoms with Crippen molar-refractivity contribution in [3.63, 3.8) is 0 Å². The minimum absolute atomic E-state index is 0.00914. The van der Waals surface area contributed by atoms with Crippen LogP contribution in [-0.4, -0.2) is 98.6 Å². The predicted molar refractivity (Wildman–Crippen MR) is 216 cm³/mol. The summed E-state index contributed by atoms with van der Waals surface area (Å²) in [6, 6.07) is 0. The van der Waals surface area contributed by atoms with E-state index in [1.54, 1.807) is 60.6 Å². The summed E-state index contributed by atoms with van der Waals surface area (Å²) >= 11 is 0. The number of rotatable bonds is 12. The molecular weight excluding hydrogens is 808 g/mol. The third-order valence-corrected chi connectivity index (χ3v) is 15.5. The first-order valence-corrected chi connectivity index (χ1v) is 21.1. The Balaban J connectivity index is 2.06. The van der Waals surface area contributed by atoms with Gasteiger partial charge in [0.2, 0.25) is 0 Å². The Bertz CT molecular complexity index is 2000. The second-order valence-corrected chi connectivity index (χ2v) is 18.7. The van der Waals surface area contributed by atoms with Gasteiger partial charge in [-0.2, -0.15) is 0 Å². The van der Waals surface area contributed by atoms with Gasteiger partial charge < -0.3 is 37.9 Å². The summed E-state index contributed by atoms with van der Waals surface area (Å²) in [6.07, 6.45) is -0.855. The summed E-state index contributed by atoms with van der Waals surface area (Å²) in [5.41, 5.74) is -6.09. The fourth-order valence-electron chi connectivity index (χ4n) is 13.2. The zero-order valence-electron chi connectivity index (χ0n) is 38.1. The molecule has 0 amide bonds. The molecule has 4 aliphatic carbocycles. The number of methoxy groups -OCH3 is 2. The molecule has 0 aromatic rings. The molecule has 3 saturated carbocycles. The van der Waals surface area contributed by atoms with Gasteiger partial charge in [0, 0.05) is 64.2 Å². The minimum Gasteiger partial charge on any atom is -0.469 e. The van der Waals surface area contributed by atoms with E-state index in [0.29, 0.717) is 5.57 Å². The monoisotopic (exact) mass is 870 g/mol. The van der Waals surface area contributed by atoms with Crippen LogP contribution in [0.5, 0.6) is 0 Å². The average molecular weight is 871 g/mol. The third kappa shape index (κ3) is 7.04. The van der Waals surface area contributed by atoms with E-state index in [1.807, 2.05) is 0 Å². The van der Waals surface area contributed by atoms with Gasteiger partial charge in [0.25, 0.3) is 0 Å². The summed E-state index contributed by atoms with van der Waals surface area (Å²) in [6.45, 7) is 16.4. The van der Waals surface area contributed by atoms with Crippen LogP contribution in [-0.2, 0) is 76.3 Å². The maximum Gasteiger partial charge on any atom is 0.312 e. The number of hydrogen-bond acceptors (Lipinski definition) is 16. The van der Waals surface area contributed by atoms with E-state index in [1.165, 1.54) is 48.0 Å². The largest absolute Gasteiger partial charge is 0.469 e. The van der Waals surface area contributed by atoms with Crippen LogP contribution in [0.1, 0.15) is 108 Å². The van der Waals surface area contributed by atoms with Gasteiger partial charge in [0.05, 0.1) is 42.8 Å². The molecular formula is C46H62O16. The molecule has 62 heavy (non-hydrogen) atoms. The molecule has 0 aromatic heterocycles. The van der Waals surface area contributed by atoms with Gasteiger partial charge in [-0.1, -0.05) is 26.3 Å². The highest BCUT2D eigenvalue weighted by atomic mass is 16.6. The summed E-state index contributed by atoms with van der Waals surface area (Å²) in [4.78, 5) is 110. The van der Waals surface area contributed by atoms with E-state index in [2.05, 4.69) is 5.73 Å². The first-order valence-electron chi connectivity index (χ1n) is 21.1. The Kier molecular flexibility index (Phi) is 13.1. The topological polar surface area (TPSA) is 210 Å². The Labute approximate surface area is 362 Å². The van der Waals surface area contributed by atoms with Crippen molar-refractivity contribution >= 4 is 47.8 Å². The maximum absolute atomic E-state index is 14.7. The van der Waals surface area contributed by atoms with Crippen LogP contribution in [0.25, 0.3) is 0 Å². The van der Waals surface area contributed by atoms with Crippen LogP contribution < -0.4 is 0 Å². The lowest BCUT2D eigenvalue weighted by molar-refractivity contribution is -0.283. The molecule has 5 rings (SSSR count). The van der Waals surface area contributed by atoms with E-state index in [-0.39, 0.29) is 25.7 Å².